The summed E-state index contributed by atoms with van der Waals surface area (Å²) in [7, 11) is 0. The van der Waals surface area contributed by atoms with Gasteiger partial charge in [-0.25, -0.2) is 9.69 Å². The van der Waals surface area contributed by atoms with E-state index < -0.39 is 24.1 Å². The van der Waals surface area contributed by atoms with E-state index in [1.54, 1.807) is 18.4 Å². The molecule has 0 aliphatic heterocycles. The predicted octanol–water partition coefficient (Wildman–Crippen LogP) is 3.05. The second-order valence-corrected chi connectivity index (χ2v) is 7.25. The Hall–Kier alpha value is -2.21. The van der Waals surface area contributed by atoms with Gasteiger partial charge in [-0.05, 0) is 30.2 Å². The molecule has 2 amide bonds. The predicted molar refractivity (Wildman–Crippen MR) is 99.8 cm³/mol. The van der Waals surface area contributed by atoms with Crippen molar-refractivity contribution in [2.75, 3.05) is 0 Å². The van der Waals surface area contributed by atoms with Crippen molar-refractivity contribution in [2.24, 2.45) is 17.6 Å². The van der Waals surface area contributed by atoms with Crippen molar-refractivity contribution in [3.63, 3.8) is 0 Å². The number of ether oxygens (including phenoxy) is 1. The lowest BCUT2D eigenvalue weighted by molar-refractivity contribution is -0.132. The summed E-state index contributed by atoms with van der Waals surface area (Å²) < 4.78 is 5.26. The van der Waals surface area contributed by atoms with Gasteiger partial charge in [0.1, 0.15) is 12.6 Å². The minimum atomic E-state index is -1.01. The molecule has 0 spiro atoms. The molecule has 1 rings (SSSR count). The number of benzene rings is 1. The average molecular weight is 361 g/mol. The van der Waals surface area contributed by atoms with Gasteiger partial charge in [-0.2, -0.15) is 0 Å². The van der Waals surface area contributed by atoms with Gasteiger partial charge in [-0.1, -0.05) is 58.0 Å². The first-order valence-corrected chi connectivity index (χ1v) is 8.93. The Morgan fingerprint density at radius 2 is 1.65 bits per heavy atom. The van der Waals surface area contributed by atoms with E-state index in [1.807, 2.05) is 45.9 Å². The standard InChI is InChI=1S/C20H29N2O4/c1-14(2)10-17(12-23)22(19(24)18(21)11-15(3)4)20(25)26-13-16-8-6-5-7-9-16/h5-9,14-15,17-18H,10-11,13,21H2,1-4H3/t17-,18-/m0/s1. The average Bonchev–Trinajstić information content (AvgIpc) is 2.59. The summed E-state index contributed by atoms with van der Waals surface area (Å²) in [6.45, 7) is 7.67. The monoisotopic (exact) mass is 361 g/mol. The van der Waals surface area contributed by atoms with Gasteiger partial charge >= 0.3 is 6.09 Å². The zero-order valence-electron chi connectivity index (χ0n) is 16.0. The molecule has 0 aliphatic rings. The Balaban J connectivity index is 2.95. The molecular formula is C20H29N2O4. The fourth-order valence-electron chi connectivity index (χ4n) is 2.60. The Bertz CT molecular complexity index is 587. The summed E-state index contributed by atoms with van der Waals surface area (Å²) in [6.07, 6.45) is 1.65. The number of hydrogen-bond acceptors (Lipinski definition) is 5. The molecule has 0 saturated heterocycles. The molecule has 143 valence electrons. The van der Waals surface area contributed by atoms with Crippen molar-refractivity contribution in [3.05, 3.63) is 35.9 Å². The van der Waals surface area contributed by atoms with Crippen LogP contribution in [0.5, 0.6) is 0 Å². The Kier molecular flexibility index (Phi) is 8.99. The van der Waals surface area contributed by atoms with E-state index in [1.165, 1.54) is 0 Å². The van der Waals surface area contributed by atoms with Crippen LogP contribution < -0.4 is 5.73 Å². The molecule has 2 N–H and O–H groups in total. The zero-order valence-corrected chi connectivity index (χ0v) is 16.0. The highest BCUT2D eigenvalue weighted by Crippen LogP contribution is 2.16. The van der Waals surface area contributed by atoms with E-state index in [0.717, 1.165) is 10.5 Å². The van der Waals surface area contributed by atoms with Crippen LogP contribution in [0.1, 0.15) is 46.1 Å². The largest absolute Gasteiger partial charge is 0.444 e. The highest BCUT2D eigenvalue weighted by Gasteiger charge is 2.35. The van der Waals surface area contributed by atoms with Crippen LogP contribution in [0.25, 0.3) is 0 Å². The van der Waals surface area contributed by atoms with Gasteiger partial charge < -0.3 is 10.5 Å². The minimum Gasteiger partial charge on any atom is -0.444 e. The zero-order chi connectivity index (χ0) is 19.7. The number of hydrogen-bond donors (Lipinski definition) is 1. The first-order valence-electron chi connectivity index (χ1n) is 8.93. The maximum Gasteiger partial charge on any atom is 0.417 e. The molecule has 1 aromatic carbocycles. The Morgan fingerprint density at radius 1 is 1.08 bits per heavy atom. The molecule has 0 aromatic heterocycles. The summed E-state index contributed by atoms with van der Waals surface area (Å²) in [5.41, 5.74) is 6.75. The number of carbonyl (C=O) groups excluding carboxylic acids is 3. The SMILES string of the molecule is CC(C)C[C@@H]([C]=O)N(C(=O)OCc1ccccc1)C(=O)[C@@H](N)CC(C)C. The van der Waals surface area contributed by atoms with E-state index in [-0.39, 0.29) is 18.4 Å². The second-order valence-electron chi connectivity index (χ2n) is 7.25. The van der Waals surface area contributed by atoms with Crippen molar-refractivity contribution in [1.82, 2.24) is 4.90 Å². The molecular weight excluding hydrogens is 332 g/mol. The highest BCUT2D eigenvalue weighted by atomic mass is 16.6. The summed E-state index contributed by atoms with van der Waals surface area (Å²) in [4.78, 5) is 37.6. The summed E-state index contributed by atoms with van der Waals surface area (Å²) in [6, 6.07) is 7.23. The van der Waals surface area contributed by atoms with Crippen molar-refractivity contribution in [2.45, 2.75) is 59.2 Å². The number of imide groups is 1. The number of nitrogens with two attached hydrogens (primary N) is 1. The highest BCUT2D eigenvalue weighted by molar-refractivity contribution is 5.97. The molecule has 26 heavy (non-hydrogen) atoms. The van der Waals surface area contributed by atoms with Crippen molar-refractivity contribution < 1.29 is 19.1 Å². The van der Waals surface area contributed by atoms with Crippen LogP contribution in [0.2, 0.25) is 0 Å². The maximum atomic E-state index is 12.7. The quantitative estimate of drug-likeness (QED) is 0.730. The summed E-state index contributed by atoms with van der Waals surface area (Å²) >= 11 is 0. The number of carbonyl (C=O) groups is 2. The van der Waals surface area contributed by atoms with Crippen LogP contribution in [0.3, 0.4) is 0 Å². The van der Waals surface area contributed by atoms with E-state index in [9.17, 15) is 14.4 Å². The fraction of sp³-hybridized carbons (Fsp3) is 0.550. The fourth-order valence-corrected chi connectivity index (χ4v) is 2.60. The molecule has 0 fully saturated rings. The molecule has 1 radical (unpaired) electrons. The van der Waals surface area contributed by atoms with Gasteiger partial charge in [0.2, 0.25) is 12.2 Å². The molecule has 0 aliphatic carbocycles. The Labute approximate surface area is 155 Å². The molecule has 0 bridgehead atoms. The molecule has 6 heteroatoms. The summed E-state index contributed by atoms with van der Waals surface area (Å²) in [5, 5.41) is 0. The minimum absolute atomic E-state index is 0.0100. The molecule has 1 aromatic rings. The Morgan fingerprint density at radius 3 is 2.15 bits per heavy atom. The van der Waals surface area contributed by atoms with E-state index in [0.29, 0.717) is 12.8 Å². The van der Waals surface area contributed by atoms with Crippen LogP contribution in [0, 0.1) is 11.8 Å². The van der Waals surface area contributed by atoms with Crippen LogP contribution in [-0.4, -0.2) is 35.3 Å². The topological polar surface area (TPSA) is 89.7 Å². The van der Waals surface area contributed by atoms with Gasteiger partial charge in [0.05, 0.1) is 6.04 Å². The van der Waals surface area contributed by atoms with E-state index in [4.69, 9.17) is 10.5 Å². The third-order valence-corrected chi connectivity index (χ3v) is 3.82. The first-order chi connectivity index (χ1) is 12.3. The lowest BCUT2D eigenvalue weighted by Crippen LogP contribution is -2.53. The van der Waals surface area contributed by atoms with Crippen LogP contribution >= 0.6 is 0 Å². The van der Waals surface area contributed by atoms with Crippen LogP contribution in [-0.2, 0) is 20.9 Å². The van der Waals surface area contributed by atoms with Crippen molar-refractivity contribution >= 4 is 18.3 Å². The van der Waals surface area contributed by atoms with Crippen LogP contribution in [0.15, 0.2) is 30.3 Å². The van der Waals surface area contributed by atoms with Gasteiger partial charge in [0, 0.05) is 0 Å². The molecule has 6 nitrogen and oxygen atoms in total. The lowest BCUT2D eigenvalue weighted by Gasteiger charge is -2.29. The van der Waals surface area contributed by atoms with Crippen molar-refractivity contribution in [3.8, 4) is 0 Å². The smallest absolute Gasteiger partial charge is 0.417 e. The molecule has 0 heterocycles. The number of rotatable bonds is 9. The van der Waals surface area contributed by atoms with Gasteiger partial charge in [-0.3, -0.25) is 9.59 Å². The van der Waals surface area contributed by atoms with Gasteiger partial charge in [0.25, 0.3) is 0 Å². The summed E-state index contributed by atoms with van der Waals surface area (Å²) in [5.74, 6) is -0.328. The number of nitrogens with zero attached hydrogens (tertiary/aromatic N) is 1. The van der Waals surface area contributed by atoms with Crippen LogP contribution in [0.4, 0.5) is 4.79 Å². The van der Waals surface area contributed by atoms with E-state index in [2.05, 4.69) is 0 Å². The third-order valence-electron chi connectivity index (χ3n) is 3.82. The lowest BCUT2D eigenvalue weighted by atomic mass is 10.0. The van der Waals surface area contributed by atoms with E-state index >= 15 is 0 Å². The normalized spacial score (nSPS) is 13.3. The molecule has 0 saturated carbocycles. The third kappa shape index (κ3) is 6.96. The van der Waals surface area contributed by atoms with Gasteiger partial charge in [-0.15, -0.1) is 0 Å². The molecule has 0 unspecified atom stereocenters. The molecule has 2 atom stereocenters. The first kappa shape index (κ1) is 21.8. The maximum absolute atomic E-state index is 12.7. The number of amides is 2. The van der Waals surface area contributed by atoms with Crippen molar-refractivity contribution in [1.29, 1.82) is 0 Å². The van der Waals surface area contributed by atoms with Gasteiger partial charge in [0.15, 0.2) is 0 Å². The second kappa shape index (κ2) is 10.7.